The van der Waals surface area contributed by atoms with Crippen LogP contribution in [0.4, 0.5) is 17.2 Å². The molecule has 7 heteroatoms. The Morgan fingerprint density at radius 1 is 1.32 bits per heavy atom. The van der Waals surface area contributed by atoms with Crippen LogP contribution in [0, 0.1) is 0 Å². The first-order chi connectivity index (χ1) is 9.02. The van der Waals surface area contributed by atoms with Crippen molar-refractivity contribution in [1.29, 1.82) is 0 Å². The van der Waals surface area contributed by atoms with E-state index >= 15 is 0 Å². The van der Waals surface area contributed by atoms with Crippen LogP contribution in [-0.2, 0) is 0 Å². The summed E-state index contributed by atoms with van der Waals surface area (Å²) in [6.07, 6.45) is 0. The molecule has 1 heterocycles. The molecule has 0 atom stereocenters. The Morgan fingerprint density at radius 2 is 2.05 bits per heavy atom. The third kappa shape index (κ3) is 2.44. The van der Waals surface area contributed by atoms with Crippen molar-refractivity contribution in [2.75, 3.05) is 23.8 Å². The van der Waals surface area contributed by atoms with E-state index in [1.807, 2.05) is 6.92 Å². The molecule has 2 aromatic rings. The lowest BCUT2D eigenvalue weighted by Gasteiger charge is -2.11. The number of nitrogens with zero attached hydrogens (tertiary/aromatic N) is 1. The smallest absolute Gasteiger partial charge is 0.276 e. The molecule has 19 heavy (non-hydrogen) atoms. The summed E-state index contributed by atoms with van der Waals surface area (Å²) >= 11 is 0. The molecule has 0 unspecified atom stereocenters. The highest BCUT2D eigenvalue weighted by Crippen LogP contribution is 2.29. The molecule has 7 nitrogen and oxygen atoms in total. The molecule has 0 bridgehead atoms. The topological polar surface area (TPSA) is 133 Å². The number of nitrogens with two attached hydrogens (primary N) is 3. The molecule has 0 saturated heterocycles. The maximum Gasteiger partial charge on any atom is 0.276 e. The lowest BCUT2D eigenvalue weighted by Crippen LogP contribution is -2.17. The van der Waals surface area contributed by atoms with Crippen LogP contribution in [0.15, 0.2) is 23.0 Å². The summed E-state index contributed by atoms with van der Waals surface area (Å²) in [5.74, 6) is 0.799. The summed E-state index contributed by atoms with van der Waals surface area (Å²) in [5.41, 5.74) is 17.3. The second kappa shape index (κ2) is 4.89. The average Bonchev–Trinajstić information content (AvgIpc) is 2.36. The number of hydrogen-bond donors (Lipinski definition) is 4. The van der Waals surface area contributed by atoms with Crippen molar-refractivity contribution in [2.45, 2.75) is 6.92 Å². The lowest BCUT2D eigenvalue weighted by atomic mass is 10.1. The van der Waals surface area contributed by atoms with Gasteiger partial charge in [-0.3, -0.25) is 4.79 Å². The van der Waals surface area contributed by atoms with E-state index in [0.717, 1.165) is 0 Å². The van der Waals surface area contributed by atoms with Gasteiger partial charge in [-0.15, -0.1) is 0 Å². The van der Waals surface area contributed by atoms with Crippen molar-refractivity contribution in [3.63, 3.8) is 0 Å². The van der Waals surface area contributed by atoms with Crippen LogP contribution >= 0.6 is 0 Å². The lowest BCUT2D eigenvalue weighted by molar-refractivity contribution is 0.341. The minimum Gasteiger partial charge on any atom is -0.493 e. The summed E-state index contributed by atoms with van der Waals surface area (Å²) in [5, 5.41) is 0. The molecule has 2 rings (SSSR count). The van der Waals surface area contributed by atoms with Crippen LogP contribution in [0.2, 0.25) is 0 Å². The van der Waals surface area contributed by atoms with Gasteiger partial charge in [0.1, 0.15) is 17.3 Å². The maximum atomic E-state index is 11.6. The predicted octanol–water partition coefficient (Wildman–Crippen LogP) is 0.582. The van der Waals surface area contributed by atoms with Crippen LogP contribution in [0.5, 0.6) is 5.75 Å². The number of ether oxygens (including phenoxy) is 1. The molecule has 0 fully saturated rings. The quantitative estimate of drug-likeness (QED) is 0.597. The van der Waals surface area contributed by atoms with E-state index in [9.17, 15) is 4.79 Å². The normalized spacial score (nSPS) is 10.4. The monoisotopic (exact) mass is 261 g/mol. The fraction of sp³-hybridized carbons (Fsp3) is 0.167. The Balaban J connectivity index is 2.61. The predicted molar refractivity (Wildman–Crippen MR) is 74.7 cm³/mol. The molecule has 0 radical (unpaired) electrons. The van der Waals surface area contributed by atoms with Gasteiger partial charge in [0, 0.05) is 11.8 Å². The summed E-state index contributed by atoms with van der Waals surface area (Å²) in [6, 6.07) is 5.05. The third-order valence-electron chi connectivity index (χ3n) is 2.55. The molecule has 0 saturated carbocycles. The summed E-state index contributed by atoms with van der Waals surface area (Å²) in [4.78, 5) is 18.2. The van der Waals surface area contributed by atoms with Gasteiger partial charge in [-0.2, -0.15) is 0 Å². The van der Waals surface area contributed by atoms with E-state index in [2.05, 4.69) is 9.97 Å². The molecule has 100 valence electrons. The van der Waals surface area contributed by atoms with Gasteiger partial charge in [0.05, 0.1) is 12.2 Å². The standard InChI is InChI=1S/C12H15N5O2/c1-2-19-8-5-6(13)3-4-7(8)11-16-10(15)9(14)12(18)17-11/h3-5H,2,13-14H2,1H3,(H3,15,16,17,18). The first kappa shape index (κ1) is 12.7. The zero-order valence-corrected chi connectivity index (χ0v) is 10.4. The van der Waals surface area contributed by atoms with Gasteiger partial charge < -0.3 is 26.9 Å². The Hall–Kier alpha value is -2.70. The van der Waals surface area contributed by atoms with E-state index in [0.29, 0.717) is 29.4 Å². The van der Waals surface area contributed by atoms with Crippen LogP contribution < -0.4 is 27.5 Å². The molecule has 1 aromatic heterocycles. The minimum absolute atomic E-state index is 0.0157. The van der Waals surface area contributed by atoms with Gasteiger partial charge >= 0.3 is 0 Å². The molecule has 0 spiro atoms. The van der Waals surface area contributed by atoms with Crippen LogP contribution in [-0.4, -0.2) is 16.6 Å². The third-order valence-corrected chi connectivity index (χ3v) is 2.55. The van der Waals surface area contributed by atoms with Crippen molar-refractivity contribution in [3.05, 3.63) is 28.6 Å². The second-order valence-corrected chi connectivity index (χ2v) is 3.90. The molecule has 0 amide bonds. The zero-order valence-electron chi connectivity index (χ0n) is 10.4. The second-order valence-electron chi connectivity index (χ2n) is 3.90. The zero-order chi connectivity index (χ0) is 14.0. The number of rotatable bonds is 3. The summed E-state index contributed by atoms with van der Waals surface area (Å²) in [7, 11) is 0. The van der Waals surface area contributed by atoms with Crippen molar-refractivity contribution in [1.82, 2.24) is 9.97 Å². The molecule has 1 aromatic carbocycles. The molecule has 0 aliphatic rings. The Bertz CT molecular complexity index is 666. The number of aromatic amines is 1. The van der Waals surface area contributed by atoms with Gasteiger partial charge in [0.2, 0.25) is 0 Å². The number of hydrogen-bond acceptors (Lipinski definition) is 6. The Morgan fingerprint density at radius 3 is 2.68 bits per heavy atom. The molecular weight excluding hydrogens is 246 g/mol. The van der Waals surface area contributed by atoms with E-state index in [1.54, 1.807) is 18.2 Å². The van der Waals surface area contributed by atoms with Crippen molar-refractivity contribution < 1.29 is 4.74 Å². The minimum atomic E-state index is -0.484. The van der Waals surface area contributed by atoms with Crippen LogP contribution in [0.1, 0.15) is 6.92 Å². The SMILES string of the molecule is CCOc1cc(N)ccc1-c1nc(N)c(N)c(=O)[nH]1. The van der Waals surface area contributed by atoms with Gasteiger partial charge in [-0.05, 0) is 19.1 Å². The van der Waals surface area contributed by atoms with Crippen LogP contribution in [0.3, 0.4) is 0 Å². The van der Waals surface area contributed by atoms with E-state index in [-0.39, 0.29) is 11.5 Å². The van der Waals surface area contributed by atoms with Crippen molar-refractivity contribution >= 4 is 17.2 Å². The molecule has 0 aliphatic carbocycles. The maximum absolute atomic E-state index is 11.6. The highest BCUT2D eigenvalue weighted by Gasteiger charge is 2.12. The molecule has 0 aliphatic heterocycles. The number of benzene rings is 1. The fourth-order valence-corrected chi connectivity index (χ4v) is 1.64. The van der Waals surface area contributed by atoms with Crippen molar-refractivity contribution in [2.24, 2.45) is 0 Å². The molecule has 7 N–H and O–H groups in total. The van der Waals surface area contributed by atoms with Gasteiger partial charge in [0.15, 0.2) is 5.82 Å². The van der Waals surface area contributed by atoms with Crippen molar-refractivity contribution in [3.8, 4) is 17.1 Å². The highest BCUT2D eigenvalue weighted by molar-refractivity contribution is 5.70. The first-order valence-corrected chi connectivity index (χ1v) is 5.71. The summed E-state index contributed by atoms with van der Waals surface area (Å²) in [6.45, 7) is 2.31. The van der Waals surface area contributed by atoms with Crippen LogP contribution in [0.25, 0.3) is 11.4 Å². The van der Waals surface area contributed by atoms with E-state index < -0.39 is 5.56 Å². The number of aromatic nitrogens is 2. The van der Waals surface area contributed by atoms with Gasteiger partial charge in [-0.1, -0.05) is 0 Å². The summed E-state index contributed by atoms with van der Waals surface area (Å²) < 4.78 is 5.47. The molecular formula is C12H15N5O2. The first-order valence-electron chi connectivity index (χ1n) is 5.71. The largest absolute Gasteiger partial charge is 0.493 e. The Labute approximate surface area is 109 Å². The fourth-order valence-electron chi connectivity index (χ4n) is 1.64. The van der Waals surface area contributed by atoms with Gasteiger partial charge in [0.25, 0.3) is 5.56 Å². The van der Waals surface area contributed by atoms with E-state index in [1.165, 1.54) is 0 Å². The Kier molecular flexibility index (Phi) is 3.28. The average molecular weight is 261 g/mol. The number of nitrogens with one attached hydrogen (secondary N) is 1. The number of anilines is 3. The highest BCUT2D eigenvalue weighted by atomic mass is 16.5. The van der Waals surface area contributed by atoms with E-state index in [4.69, 9.17) is 21.9 Å². The number of H-pyrrole nitrogens is 1. The van der Waals surface area contributed by atoms with Gasteiger partial charge in [-0.25, -0.2) is 4.98 Å². The number of nitrogen functional groups attached to an aromatic ring is 3.